The molecular weight excluding hydrogens is 509 g/mol. The lowest BCUT2D eigenvalue weighted by atomic mass is 10.0. The van der Waals surface area contributed by atoms with Crippen molar-refractivity contribution in [1.29, 1.82) is 0 Å². The third kappa shape index (κ3) is 7.62. The lowest BCUT2D eigenvalue weighted by Crippen LogP contribution is -2.46. The number of thiophene rings is 1. The highest BCUT2D eigenvalue weighted by Crippen LogP contribution is 2.25. The Labute approximate surface area is 203 Å². The molecule has 3 rings (SSSR count). The van der Waals surface area contributed by atoms with Crippen molar-refractivity contribution in [1.82, 2.24) is 20.4 Å². The van der Waals surface area contributed by atoms with E-state index in [2.05, 4.69) is 58.7 Å². The quantitative estimate of drug-likeness (QED) is 0.281. The van der Waals surface area contributed by atoms with Crippen molar-refractivity contribution in [3.05, 3.63) is 22.4 Å². The number of ether oxygens (including phenoxy) is 1. The molecule has 1 aromatic heterocycles. The highest BCUT2D eigenvalue weighted by Gasteiger charge is 2.25. The molecule has 172 valence electrons. The van der Waals surface area contributed by atoms with Gasteiger partial charge in [-0.15, -0.1) is 35.3 Å². The molecule has 0 spiro atoms. The molecule has 0 radical (unpaired) electrons. The zero-order chi connectivity index (χ0) is 20.5. The van der Waals surface area contributed by atoms with E-state index in [0.717, 1.165) is 51.9 Å². The van der Waals surface area contributed by atoms with E-state index in [9.17, 15) is 0 Å². The molecule has 2 aliphatic rings. The van der Waals surface area contributed by atoms with E-state index in [1.54, 1.807) is 0 Å². The fraction of sp³-hybridized carbons (Fsp3) is 0.773. The monoisotopic (exact) mass is 549 g/mol. The van der Waals surface area contributed by atoms with Gasteiger partial charge < -0.3 is 15.4 Å². The van der Waals surface area contributed by atoms with Gasteiger partial charge in [0.1, 0.15) is 0 Å². The third-order valence-corrected chi connectivity index (χ3v) is 6.95. The third-order valence-electron chi connectivity index (χ3n) is 5.98. The average Bonchev–Trinajstić information content (AvgIpc) is 3.43. The first kappa shape index (κ1) is 25.8. The molecule has 2 fully saturated rings. The molecular formula is C22H40IN5OS. The summed E-state index contributed by atoms with van der Waals surface area (Å²) in [6.07, 6.45) is 2.65. The van der Waals surface area contributed by atoms with Crippen LogP contribution in [0, 0.1) is 5.92 Å². The molecule has 2 saturated heterocycles. The zero-order valence-corrected chi connectivity index (χ0v) is 22.0. The number of nitrogens with zero attached hydrogens (tertiary/aromatic N) is 3. The Bertz CT molecular complexity index is 601. The molecule has 0 bridgehead atoms. The van der Waals surface area contributed by atoms with Crippen molar-refractivity contribution in [2.75, 3.05) is 59.0 Å². The highest BCUT2D eigenvalue weighted by molar-refractivity contribution is 14.0. The Balaban J connectivity index is 0.00000320. The molecule has 8 heteroatoms. The fourth-order valence-corrected chi connectivity index (χ4v) is 5.18. The highest BCUT2D eigenvalue weighted by atomic mass is 127. The first-order valence-corrected chi connectivity index (χ1v) is 12.2. The standard InChI is InChI=1S/C22H39N5OS.HI/c1-4-23-22(24-16-19(18(2)3)26-9-5-6-10-26)25-17-20(21-8-7-15-29-21)27-11-13-28-14-12-27;/h7-8,15,18-20H,4-6,9-14,16-17H2,1-3H3,(H2,23,24,25);1H. The average molecular weight is 550 g/mol. The van der Waals surface area contributed by atoms with E-state index in [1.807, 2.05) is 11.3 Å². The summed E-state index contributed by atoms with van der Waals surface area (Å²) < 4.78 is 5.57. The predicted molar refractivity (Wildman–Crippen MR) is 138 cm³/mol. The number of hydrogen-bond acceptors (Lipinski definition) is 5. The number of aliphatic imine (C=N–C) groups is 1. The van der Waals surface area contributed by atoms with Gasteiger partial charge in [-0.1, -0.05) is 19.9 Å². The second-order valence-corrected chi connectivity index (χ2v) is 9.31. The first-order chi connectivity index (χ1) is 14.2. The SMILES string of the molecule is CCNC(=NCC(C(C)C)N1CCCC1)NCC(c1cccs1)N1CCOCC1.I. The van der Waals surface area contributed by atoms with Gasteiger partial charge in [-0.2, -0.15) is 0 Å². The summed E-state index contributed by atoms with van der Waals surface area (Å²) in [6.45, 7) is 15.4. The fourth-order valence-electron chi connectivity index (χ4n) is 4.32. The molecule has 0 saturated carbocycles. The molecule has 30 heavy (non-hydrogen) atoms. The van der Waals surface area contributed by atoms with Crippen molar-refractivity contribution in [2.24, 2.45) is 10.9 Å². The van der Waals surface area contributed by atoms with Crippen LogP contribution in [-0.4, -0.2) is 80.8 Å². The molecule has 0 aromatic carbocycles. The number of morpholine rings is 1. The second-order valence-electron chi connectivity index (χ2n) is 8.33. The summed E-state index contributed by atoms with van der Waals surface area (Å²) in [6, 6.07) is 5.29. The van der Waals surface area contributed by atoms with Gasteiger partial charge >= 0.3 is 0 Å². The van der Waals surface area contributed by atoms with Gasteiger partial charge in [-0.3, -0.25) is 14.8 Å². The van der Waals surface area contributed by atoms with Crippen LogP contribution in [0.2, 0.25) is 0 Å². The molecule has 0 aliphatic carbocycles. The van der Waals surface area contributed by atoms with Gasteiger partial charge in [0.15, 0.2) is 5.96 Å². The summed E-state index contributed by atoms with van der Waals surface area (Å²) >= 11 is 1.84. The number of halogens is 1. The lowest BCUT2D eigenvalue weighted by molar-refractivity contribution is 0.0177. The molecule has 3 heterocycles. The maximum Gasteiger partial charge on any atom is 0.191 e. The van der Waals surface area contributed by atoms with Crippen molar-refractivity contribution in [2.45, 2.75) is 45.7 Å². The molecule has 2 atom stereocenters. The Morgan fingerprint density at radius 2 is 1.87 bits per heavy atom. The van der Waals surface area contributed by atoms with Gasteiger partial charge in [0, 0.05) is 37.1 Å². The van der Waals surface area contributed by atoms with E-state index in [4.69, 9.17) is 9.73 Å². The summed E-state index contributed by atoms with van der Waals surface area (Å²) in [5, 5.41) is 9.26. The summed E-state index contributed by atoms with van der Waals surface area (Å²) in [4.78, 5) is 11.6. The van der Waals surface area contributed by atoms with Crippen molar-refractivity contribution in [3.8, 4) is 0 Å². The van der Waals surface area contributed by atoms with Crippen molar-refractivity contribution >= 4 is 41.3 Å². The van der Waals surface area contributed by atoms with Gasteiger partial charge in [0.25, 0.3) is 0 Å². The van der Waals surface area contributed by atoms with E-state index < -0.39 is 0 Å². The van der Waals surface area contributed by atoms with Crippen molar-refractivity contribution in [3.63, 3.8) is 0 Å². The Morgan fingerprint density at radius 3 is 2.47 bits per heavy atom. The van der Waals surface area contributed by atoms with Crippen LogP contribution in [0.4, 0.5) is 0 Å². The summed E-state index contributed by atoms with van der Waals surface area (Å²) in [5.74, 6) is 1.55. The van der Waals surface area contributed by atoms with Crippen LogP contribution < -0.4 is 10.6 Å². The molecule has 2 aliphatic heterocycles. The van der Waals surface area contributed by atoms with Crippen LogP contribution in [0.25, 0.3) is 0 Å². The van der Waals surface area contributed by atoms with E-state index in [0.29, 0.717) is 18.0 Å². The topological polar surface area (TPSA) is 52.1 Å². The van der Waals surface area contributed by atoms with Crippen molar-refractivity contribution < 1.29 is 4.74 Å². The second kappa shape index (κ2) is 13.9. The van der Waals surface area contributed by atoms with Crippen LogP contribution in [0.5, 0.6) is 0 Å². The lowest BCUT2D eigenvalue weighted by Gasteiger charge is -2.34. The normalized spacial score (nSPS) is 20.7. The van der Waals surface area contributed by atoms with Crippen LogP contribution in [0.3, 0.4) is 0 Å². The molecule has 6 nitrogen and oxygen atoms in total. The Hall–Kier alpha value is -0.420. The van der Waals surface area contributed by atoms with Gasteiger partial charge in [-0.05, 0) is 50.2 Å². The predicted octanol–water partition coefficient (Wildman–Crippen LogP) is 3.41. The van der Waals surface area contributed by atoms with Gasteiger partial charge in [-0.25, -0.2) is 0 Å². The minimum atomic E-state index is 0. The van der Waals surface area contributed by atoms with Crippen LogP contribution in [-0.2, 0) is 4.74 Å². The molecule has 2 unspecified atom stereocenters. The number of hydrogen-bond donors (Lipinski definition) is 2. The number of rotatable bonds is 9. The minimum absolute atomic E-state index is 0. The Morgan fingerprint density at radius 1 is 1.13 bits per heavy atom. The maximum absolute atomic E-state index is 5.57. The van der Waals surface area contributed by atoms with Crippen LogP contribution in [0.15, 0.2) is 22.5 Å². The first-order valence-electron chi connectivity index (χ1n) is 11.3. The molecule has 0 amide bonds. The summed E-state index contributed by atoms with van der Waals surface area (Å²) in [5.41, 5.74) is 0. The van der Waals surface area contributed by atoms with Crippen LogP contribution >= 0.6 is 35.3 Å². The number of guanidine groups is 1. The van der Waals surface area contributed by atoms with E-state index in [-0.39, 0.29) is 24.0 Å². The number of nitrogens with one attached hydrogen (secondary N) is 2. The maximum atomic E-state index is 5.57. The van der Waals surface area contributed by atoms with Gasteiger partial charge in [0.2, 0.25) is 0 Å². The molecule has 1 aromatic rings. The largest absolute Gasteiger partial charge is 0.379 e. The van der Waals surface area contributed by atoms with E-state index in [1.165, 1.54) is 30.8 Å². The molecule has 2 N–H and O–H groups in total. The summed E-state index contributed by atoms with van der Waals surface area (Å²) in [7, 11) is 0. The van der Waals surface area contributed by atoms with Crippen LogP contribution in [0.1, 0.15) is 44.5 Å². The minimum Gasteiger partial charge on any atom is -0.379 e. The zero-order valence-electron chi connectivity index (χ0n) is 18.8. The Kier molecular flexibility index (Phi) is 12.0. The van der Waals surface area contributed by atoms with Gasteiger partial charge in [0.05, 0.1) is 25.8 Å². The number of likely N-dealkylation sites (tertiary alicyclic amines) is 1. The van der Waals surface area contributed by atoms with E-state index >= 15 is 0 Å². The smallest absolute Gasteiger partial charge is 0.191 e.